The van der Waals surface area contributed by atoms with Gasteiger partial charge in [-0.15, -0.1) is 12.8 Å². The van der Waals surface area contributed by atoms with Crippen LogP contribution in [0, 0.1) is 29.6 Å². The third-order valence-corrected chi connectivity index (χ3v) is 2.09. The smallest absolute Gasteiger partial charge is 0.101 e. The molecule has 0 fully saturated rings. The van der Waals surface area contributed by atoms with E-state index in [1.165, 1.54) is 6.20 Å². The van der Waals surface area contributed by atoms with Crippen LogP contribution in [0.2, 0.25) is 0 Å². The Morgan fingerprint density at radius 3 is 2.68 bits per heavy atom. The van der Waals surface area contributed by atoms with Crippen molar-refractivity contribution in [1.82, 2.24) is 4.98 Å². The molecule has 0 aliphatic carbocycles. The number of hydrogen-bond donors (Lipinski definition) is 2. The van der Waals surface area contributed by atoms with Crippen LogP contribution in [0.5, 0.6) is 0 Å². The fourth-order valence-corrected chi connectivity index (χ4v) is 1.21. The molecule has 0 saturated carbocycles. The first-order valence-corrected chi connectivity index (χ1v) is 5.52. The summed E-state index contributed by atoms with van der Waals surface area (Å²) in [6.45, 7) is 1.90. The molecule has 0 spiro atoms. The molecule has 1 aromatic rings. The van der Waals surface area contributed by atoms with E-state index in [0.717, 1.165) is 0 Å². The van der Waals surface area contributed by atoms with Gasteiger partial charge in [0.2, 0.25) is 0 Å². The fraction of sp³-hybridized carbons (Fsp3) is 0.133. The Balaban J connectivity index is 0.00000154. The maximum atomic E-state index is 8.63. The molecule has 0 amide bonds. The molecule has 0 radical (unpaired) electrons. The molecule has 0 saturated heterocycles. The van der Waals surface area contributed by atoms with Crippen LogP contribution in [0.1, 0.15) is 24.6 Å². The SMILES string of the molecule is C#C.C/C=C\C=C(\N)CC(=N)c1ccc(C#N)cn1. The Bertz CT molecular complexity index is 528. The molecule has 1 rings (SSSR count). The summed E-state index contributed by atoms with van der Waals surface area (Å²) in [6, 6.07) is 5.28. The molecular formula is C15H16N4. The van der Waals surface area contributed by atoms with Crippen LogP contribution in [-0.4, -0.2) is 10.7 Å². The number of hydrogen-bond acceptors (Lipinski definition) is 4. The van der Waals surface area contributed by atoms with E-state index < -0.39 is 0 Å². The molecule has 0 atom stereocenters. The quantitative estimate of drug-likeness (QED) is 0.490. The van der Waals surface area contributed by atoms with Gasteiger partial charge in [0.05, 0.1) is 17.0 Å². The Morgan fingerprint density at radius 1 is 1.53 bits per heavy atom. The van der Waals surface area contributed by atoms with Gasteiger partial charge in [-0.05, 0) is 25.1 Å². The molecule has 4 nitrogen and oxygen atoms in total. The third kappa shape index (κ3) is 5.86. The molecular weight excluding hydrogens is 236 g/mol. The van der Waals surface area contributed by atoms with Gasteiger partial charge in [-0.3, -0.25) is 4.98 Å². The number of pyridine rings is 1. The molecule has 4 heteroatoms. The van der Waals surface area contributed by atoms with Crippen LogP contribution >= 0.6 is 0 Å². The van der Waals surface area contributed by atoms with Crippen molar-refractivity contribution in [2.24, 2.45) is 5.73 Å². The summed E-state index contributed by atoms with van der Waals surface area (Å²) in [5, 5.41) is 16.5. The predicted molar refractivity (Wildman–Crippen MR) is 77.4 cm³/mol. The van der Waals surface area contributed by atoms with Crippen molar-refractivity contribution < 1.29 is 0 Å². The number of nitrogens with zero attached hydrogens (tertiary/aromatic N) is 2. The van der Waals surface area contributed by atoms with Gasteiger partial charge in [-0.2, -0.15) is 5.26 Å². The van der Waals surface area contributed by atoms with Gasteiger partial charge >= 0.3 is 0 Å². The minimum atomic E-state index is 0.341. The number of allylic oxidation sites excluding steroid dienone is 4. The number of terminal acetylenes is 1. The van der Waals surface area contributed by atoms with Crippen molar-refractivity contribution in [1.29, 1.82) is 10.7 Å². The molecule has 1 heterocycles. The highest BCUT2D eigenvalue weighted by atomic mass is 14.7. The van der Waals surface area contributed by atoms with Crippen molar-refractivity contribution >= 4 is 5.71 Å². The molecule has 96 valence electrons. The Hall–Kier alpha value is -2.85. The highest BCUT2D eigenvalue weighted by molar-refractivity contribution is 5.97. The van der Waals surface area contributed by atoms with Crippen molar-refractivity contribution in [3.8, 4) is 18.9 Å². The predicted octanol–water partition coefficient (Wildman–Crippen LogP) is 2.38. The van der Waals surface area contributed by atoms with Gasteiger partial charge in [0.15, 0.2) is 0 Å². The second-order valence-electron chi connectivity index (χ2n) is 3.47. The van der Waals surface area contributed by atoms with Crippen molar-refractivity contribution in [2.45, 2.75) is 13.3 Å². The lowest BCUT2D eigenvalue weighted by atomic mass is 10.1. The molecule has 0 aromatic carbocycles. The number of rotatable bonds is 4. The third-order valence-electron chi connectivity index (χ3n) is 2.09. The van der Waals surface area contributed by atoms with E-state index in [-0.39, 0.29) is 0 Å². The summed E-state index contributed by atoms with van der Waals surface area (Å²) in [6.07, 6.45) is 15.3. The van der Waals surface area contributed by atoms with E-state index in [0.29, 0.717) is 29.1 Å². The first-order chi connectivity index (χ1) is 9.17. The van der Waals surface area contributed by atoms with Crippen molar-refractivity contribution in [3.05, 3.63) is 53.5 Å². The van der Waals surface area contributed by atoms with Gasteiger partial charge in [-0.25, -0.2) is 0 Å². The van der Waals surface area contributed by atoms with E-state index in [2.05, 4.69) is 17.8 Å². The number of nitrogens with one attached hydrogen (secondary N) is 1. The van der Waals surface area contributed by atoms with E-state index in [4.69, 9.17) is 16.4 Å². The monoisotopic (exact) mass is 252 g/mol. The Morgan fingerprint density at radius 2 is 2.21 bits per heavy atom. The summed E-state index contributed by atoms with van der Waals surface area (Å²) in [5.74, 6) is 0. The molecule has 0 aliphatic heterocycles. The first-order valence-electron chi connectivity index (χ1n) is 5.52. The largest absolute Gasteiger partial charge is 0.402 e. The maximum Gasteiger partial charge on any atom is 0.101 e. The fourth-order valence-electron chi connectivity index (χ4n) is 1.21. The van der Waals surface area contributed by atoms with Crippen LogP contribution in [0.15, 0.2) is 42.3 Å². The average molecular weight is 252 g/mol. The molecule has 0 bridgehead atoms. The second kappa shape index (κ2) is 9.21. The van der Waals surface area contributed by atoms with Gasteiger partial charge in [0.25, 0.3) is 0 Å². The Labute approximate surface area is 113 Å². The number of nitriles is 1. The van der Waals surface area contributed by atoms with Crippen LogP contribution in [0.3, 0.4) is 0 Å². The summed E-state index contributed by atoms with van der Waals surface area (Å²) in [5.41, 5.74) is 7.72. The van der Waals surface area contributed by atoms with Crippen LogP contribution < -0.4 is 5.73 Å². The Kier molecular flexibility index (Phi) is 7.83. The van der Waals surface area contributed by atoms with Gasteiger partial charge in [0, 0.05) is 18.3 Å². The minimum Gasteiger partial charge on any atom is -0.402 e. The lowest BCUT2D eigenvalue weighted by Crippen LogP contribution is -2.08. The molecule has 0 unspecified atom stereocenters. The van der Waals surface area contributed by atoms with Gasteiger partial charge in [-0.1, -0.05) is 12.2 Å². The normalized spacial score (nSPS) is 10.3. The van der Waals surface area contributed by atoms with E-state index in [1.807, 2.05) is 25.1 Å². The van der Waals surface area contributed by atoms with Gasteiger partial charge in [0.1, 0.15) is 6.07 Å². The lowest BCUT2D eigenvalue weighted by Gasteiger charge is -2.03. The highest BCUT2D eigenvalue weighted by Crippen LogP contribution is 2.05. The summed E-state index contributed by atoms with van der Waals surface area (Å²) < 4.78 is 0. The van der Waals surface area contributed by atoms with Gasteiger partial charge < -0.3 is 11.1 Å². The number of aromatic nitrogens is 1. The van der Waals surface area contributed by atoms with E-state index >= 15 is 0 Å². The summed E-state index contributed by atoms with van der Waals surface area (Å²) >= 11 is 0. The average Bonchev–Trinajstić information content (AvgIpc) is 2.47. The van der Waals surface area contributed by atoms with Crippen LogP contribution in [-0.2, 0) is 0 Å². The topological polar surface area (TPSA) is 86.5 Å². The van der Waals surface area contributed by atoms with Crippen molar-refractivity contribution in [3.63, 3.8) is 0 Å². The standard InChI is InChI=1S/C13H14N4.C2H2/c1-2-3-4-11(15)7-12(16)13-6-5-10(8-14)9-17-13;1-2/h2-6,9,16H,7,15H2,1H3;1-2H/b3-2-,11-4+,16-12?;. The zero-order valence-electron chi connectivity index (χ0n) is 10.8. The van der Waals surface area contributed by atoms with E-state index in [1.54, 1.807) is 18.2 Å². The van der Waals surface area contributed by atoms with Crippen molar-refractivity contribution in [2.75, 3.05) is 0 Å². The highest BCUT2D eigenvalue weighted by Gasteiger charge is 2.04. The maximum absolute atomic E-state index is 8.63. The van der Waals surface area contributed by atoms with Crippen LogP contribution in [0.25, 0.3) is 0 Å². The zero-order valence-corrected chi connectivity index (χ0v) is 10.8. The molecule has 0 aliphatic rings. The summed E-state index contributed by atoms with van der Waals surface area (Å²) in [7, 11) is 0. The second-order valence-corrected chi connectivity index (χ2v) is 3.47. The first kappa shape index (κ1) is 16.1. The minimum absolute atomic E-state index is 0.341. The molecule has 3 N–H and O–H groups in total. The van der Waals surface area contributed by atoms with Crippen LogP contribution in [0.4, 0.5) is 0 Å². The lowest BCUT2D eigenvalue weighted by molar-refractivity contribution is 1.15. The van der Waals surface area contributed by atoms with E-state index in [9.17, 15) is 0 Å². The molecule has 19 heavy (non-hydrogen) atoms. The molecule has 1 aromatic heterocycles. The summed E-state index contributed by atoms with van der Waals surface area (Å²) in [4.78, 5) is 4.03. The number of nitrogens with two attached hydrogens (primary N) is 1. The zero-order chi connectivity index (χ0) is 14.7.